The minimum atomic E-state index is -0.138. The van der Waals surface area contributed by atoms with E-state index in [1.807, 2.05) is 13.8 Å². The van der Waals surface area contributed by atoms with Gasteiger partial charge in [-0.05, 0) is 52.0 Å². The lowest BCUT2D eigenvalue weighted by Crippen LogP contribution is -2.26. The van der Waals surface area contributed by atoms with Gasteiger partial charge in [-0.3, -0.25) is 4.79 Å². The highest BCUT2D eigenvalue weighted by atomic mass is 16.1. The topological polar surface area (TPSA) is 66.9 Å². The van der Waals surface area contributed by atoms with E-state index >= 15 is 0 Å². The van der Waals surface area contributed by atoms with Gasteiger partial charge in [-0.25, -0.2) is 9.97 Å². The molecule has 1 amide bonds. The van der Waals surface area contributed by atoms with Crippen molar-refractivity contribution in [3.05, 3.63) is 29.6 Å². The summed E-state index contributed by atoms with van der Waals surface area (Å²) in [4.78, 5) is 20.4. The first-order valence-corrected chi connectivity index (χ1v) is 7.71. The van der Waals surface area contributed by atoms with Crippen LogP contribution in [-0.2, 0) is 0 Å². The Morgan fingerprint density at radius 3 is 2.95 bits per heavy atom. The molecule has 0 fully saturated rings. The van der Waals surface area contributed by atoms with Gasteiger partial charge in [0.05, 0.1) is 0 Å². The van der Waals surface area contributed by atoms with E-state index in [9.17, 15) is 4.79 Å². The molecule has 5 nitrogen and oxygen atoms in total. The van der Waals surface area contributed by atoms with Crippen molar-refractivity contribution in [2.75, 3.05) is 11.9 Å². The molecule has 21 heavy (non-hydrogen) atoms. The number of allylic oxidation sites excluding steroid dienone is 1. The first kappa shape index (κ1) is 15.5. The van der Waals surface area contributed by atoms with Crippen LogP contribution in [0.2, 0.25) is 0 Å². The SMILES string of the molecule is CC(C)Nc1nccc(C(=O)NCCC2=CCCCC2)n1. The summed E-state index contributed by atoms with van der Waals surface area (Å²) in [6, 6.07) is 1.88. The van der Waals surface area contributed by atoms with Crippen LogP contribution in [0, 0.1) is 0 Å². The van der Waals surface area contributed by atoms with Gasteiger partial charge in [0, 0.05) is 18.8 Å². The predicted octanol–water partition coefficient (Wildman–Crippen LogP) is 2.92. The fourth-order valence-corrected chi connectivity index (χ4v) is 2.37. The van der Waals surface area contributed by atoms with E-state index in [0.29, 0.717) is 18.2 Å². The number of nitrogens with zero attached hydrogens (tertiary/aromatic N) is 2. The van der Waals surface area contributed by atoms with Gasteiger partial charge in [0.15, 0.2) is 0 Å². The molecule has 0 aliphatic heterocycles. The zero-order valence-electron chi connectivity index (χ0n) is 12.9. The highest BCUT2D eigenvalue weighted by Crippen LogP contribution is 2.19. The monoisotopic (exact) mass is 288 g/mol. The van der Waals surface area contributed by atoms with Gasteiger partial charge in [-0.1, -0.05) is 11.6 Å². The number of aromatic nitrogens is 2. The zero-order valence-corrected chi connectivity index (χ0v) is 12.9. The Balaban J connectivity index is 1.83. The molecule has 1 heterocycles. The summed E-state index contributed by atoms with van der Waals surface area (Å²) >= 11 is 0. The van der Waals surface area contributed by atoms with Crippen LogP contribution in [0.4, 0.5) is 5.95 Å². The molecule has 2 rings (SSSR count). The van der Waals surface area contributed by atoms with E-state index < -0.39 is 0 Å². The van der Waals surface area contributed by atoms with E-state index in [-0.39, 0.29) is 11.9 Å². The van der Waals surface area contributed by atoms with Crippen molar-refractivity contribution in [1.29, 1.82) is 0 Å². The Hall–Kier alpha value is -1.91. The molecule has 0 aromatic carbocycles. The smallest absolute Gasteiger partial charge is 0.270 e. The molecule has 0 saturated carbocycles. The Morgan fingerprint density at radius 1 is 1.38 bits per heavy atom. The van der Waals surface area contributed by atoms with Crippen LogP contribution in [-0.4, -0.2) is 28.5 Å². The van der Waals surface area contributed by atoms with Gasteiger partial charge in [0.2, 0.25) is 5.95 Å². The maximum atomic E-state index is 12.1. The molecular weight excluding hydrogens is 264 g/mol. The maximum absolute atomic E-state index is 12.1. The minimum Gasteiger partial charge on any atom is -0.352 e. The molecule has 1 aromatic heterocycles. The number of rotatable bonds is 6. The minimum absolute atomic E-state index is 0.138. The van der Waals surface area contributed by atoms with Gasteiger partial charge in [-0.2, -0.15) is 0 Å². The van der Waals surface area contributed by atoms with Crippen LogP contribution in [0.1, 0.15) is 56.4 Å². The first-order valence-electron chi connectivity index (χ1n) is 7.71. The molecule has 1 aliphatic carbocycles. The summed E-state index contributed by atoms with van der Waals surface area (Å²) in [7, 11) is 0. The van der Waals surface area contributed by atoms with E-state index in [2.05, 4.69) is 26.7 Å². The van der Waals surface area contributed by atoms with Crippen LogP contribution in [0.15, 0.2) is 23.9 Å². The molecule has 0 spiro atoms. The Morgan fingerprint density at radius 2 is 2.24 bits per heavy atom. The number of amides is 1. The Bertz CT molecular complexity index is 511. The fourth-order valence-electron chi connectivity index (χ4n) is 2.37. The molecule has 0 atom stereocenters. The summed E-state index contributed by atoms with van der Waals surface area (Å²) in [6.45, 7) is 4.68. The van der Waals surface area contributed by atoms with Crippen LogP contribution in [0.25, 0.3) is 0 Å². The second-order valence-corrected chi connectivity index (χ2v) is 5.68. The highest BCUT2D eigenvalue weighted by molar-refractivity contribution is 5.92. The molecule has 0 unspecified atom stereocenters. The average molecular weight is 288 g/mol. The lowest BCUT2D eigenvalue weighted by molar-refractivity contribution is 0.0949. The second kappa shape index (κ2) is 7.76. The third-order valence-corrected chi connectivity index (χ3v) is 3.42. The lowest BCUT2D eigenvalue weighted by Gasteiger charge is -2.13. The first-order chi connectivity index (χ1) is 10.1. The van der Waals surface area contributed by atoms with Crippen molar-refractivity contribution in [2.24, 2.45) is 0 Å². The Labute approximate surface area is 126 Å². The number of carbonyl (C=O) groups is 1. The number of hydrogen-bond acceptors (Lipinski definition) is 4. The third-order valence-electron chi connectivity index (χ3n) is 3.42. The summed E-state index contributed by atoms with van der Waals surface area (Å²) < 4.78 is 0. The van der Waals surface area contributed by atoms with Crippen LogP contribution in [0.5, 0.6) is 0 Å². The zero-order chi connectivity index (χ0) is 15.1. The van der Waals surface area contributed by atoms with E-state index in [1.165, 1.54) is 31.3 Å². The van der Waals surface area contributed by atoms with Gasteiger partial charge in [-0.15, -0.1) is 0 Å². The summed E-state index contributed by atoms with van der Waals surface area (Å²) in [5.74, 6) is 0.355. The van der Waals surface area contributed by atoms with Crippen molar-refractivity contribution >= 4 is 11.9 Å². The lowest BCUT2D eigenvalue weighted by atomic mass is 9.97. The largest absolute Gasteiger partial charge is 0.352 e. The molecule has 0 radical (unpaired) electrons. The van der Waals surface area contributed by atoms with E-state index in [0.717, 1.165) is 6.42 Å². The number of hydrogen-bond donors (Lipinski definition) is 2. The Kier molecular flexibility index (Phi) is 5.72. The van der Waals surface area contributed by atoms with Gasteiger partial charge >= 0.3 is 0 Å². The summed E-state index contributed by atoms with van der Waals surface area (Å²) in [5.41, 5.74) is 1.87. The highest BCUT2D eigenvalue weighted by Gasteiger charge is 2.09. The standard InChI is InChI=1S/C16H24N4O/c1-12(2)19-16-18-11-9-14(20-16)15(21)17-10-8-13-6-4-3-5-7-13/h6,9,11-12H,3-5,7-8,10H2,1-2H3,(H,17,21)(H,18,19,20). The predicted molar refractivity (Wildman–Crippen MR) is 84.3 cm³/mol. The maximum Gasteiger partial charge on any atom is 0.270 e. The normalized spacial score (nSPS) is 14.7. The third kappa shape index (κ3) is 5.17. The molecule has 0 saturated heterocycles. The van der Waals surface area contributed by atoms with E-state index in [4.69, 9.17) is 0 Å². The molecule has 1 aliphatic rings. The quantitative estimate of drug-likeness (QED) is 0.790. The van der Waals surface area contributed by atoms with Crippen LogP contribution in [0.3, 0.4) is 0 Å². The van der Waals surface area contributed by atoms with Crippen LogP contribution >= 0.6 is 0 Å². The van der Waals surface area contributed by atoms with Crippen molar-refractivity contribution in [2.45, 2.75) is 52.0 Å². The molecule has 2 N–H and O–H groups in total. The molecule has 1 aromatic rings. The number of carbonyl (C=O) groups excluding carboxylic acids is 1. The summed E-state index contributed by atoms with van der Waals surface area (Å²) in [6.07, 6.45) is 9.78. The molecular formula is C16H24N4O. The number of nitrogens with one attached hydrogen (secondary N) is 2. The fraction of sp³-hybridized carbons (Fsp3) is 0.562. The van der Waals surface area contributed by atoms with Crippen molar-refractivity contribution < 1.29 is 4.79 Å². The van der Waals surface area contributed by atoms with Crippen molar-refractivity contribution in [3.8, 4) is 0 Å². The summed E-state index contributed by atoms with van der Waals surface area (Å²) in [5, 5.41) is 6.03. The molecule has 114 valence electrons. The average Bonchev–Trinajstić information content (AvgIpc) is 2.48. The second-order valence-electron chi connectivity index (χ2n) is 5.68. The molecule has 0 bridgehead atoms. The van der Waals surface area contributed by atoms with Gasteiger partial charge in [0.25, 0.3) is 5.91 Å². The van der Waals surface area contributed by atoms with E-state index in [1.54, 1.807) is 12.3 Å². The van der Waals surface area contributed by atoms with Gasteiger partial charge < -0.3 is 10.6 Å². The van der Waals surface area contributed by atoms with Crippen LogP contribution < -0.4 is 10.6 Å². The number of anilines is 1. The molecule has 5 heteroatoms. The van der Waals surface area contributed by atoms with Gasteiger partial charge in [0.1, 0.15) is 5.69 Å². The van der Waals surface area contributed by atoms with Crippen molar-refractivity contribution in [1.82, 2.24) is 15.3 Å². The van der Waals surface area contributed by atoms with Crippen molar-refractivity contribution in [3.63, 3.8) is 0 Å².